The topological polar surface area (TPSA) is 66.0 Å². The summed E-state index contributed by atoms with van der Waals surface area (Å²) in [6.45, 7) is 3.58. The van der Waals surface area contributed by atoms with Crippen LogP contribution in [0.4, 0.5) is 0 Å². The van der Waals surface area contributed by atoms with Crippen LogP contribution in [-0.4, -0.2) is 5.60 Å². The Bertz CT molecular complexity index is 371. The number of rotatable bonds is 3. The summed E-state index contributed by atoms with van der Waals surface area (Å²) in [6.07, 6.45) is 10.0. The summed E-state index contributed by atoms with van der Waals surface area (Å²) >= 11 is 0. The van der Waals surface area contributed by atoms with E-state index in [0.29, 0.717) is 12.2 Å². The van der Waals surface area contributed by atoms with Crippen molar-refractivity contribution >= 4 is 0 Å². The predicted octanol–water partition coefficient (Wildman–Crippen LogP) is 1.75. The van der Waals surface area contributed by atoms with Crippen LogP contribution in [0.3, 0.4) is 0 Å². The second-order valence-electron chi connectivity index (χ2n) is 2.69. The van der Waals surface area contributed by atoms with Crippen molar-refractivity contribution in [2.75, 3.05) is 0 Å². The molecule has 0 amide bonds. The summed E-state index contributed by atoms with van der Waals surface area (Å²) in [7, 11) is 0. The zero-order valence-electron chi connectivity index (χ0n) is 7.43. The minimum absolute atomic E-state index is 0.428. The van der Waals surface area contributed by atoms with Gasteiger partial charge in [-0.1, -0.05) is 6.58 Å². The molecule has 0 aromatic heterocycles. The molecule has 0 N–H and O–H groups in total. The van der Waals surface area contributed by atoms with Crippen LogP contribution in [0.1, 0.15) is 6.42 Å². The van der Waals surface area contributed by atoms with E-state index in [1.54, 1.807) is 30.7 Å². The van der Waals surface area contributed by atoms with Gasteiger partial charge in [-0.15, -0.1) is 5.26 Å². The molecule has 0 aliphatic heterocycles. The number of nitriles is 2. The highest BCUT2D eigenvalue weighted by molar-refractivity contribution is 5.29. The maximum atomic E-state index is 8.43. The molecule has 1 atom stereocenters. The fourth-order valence-corrected chi connectivity index (χ4v) is 1.10. The third-order valence-corrected chi connectivity index (χ3v) is 1.90. The van der Waals surface area contributed by atoms with E-state index in [4.69, 9.17) is 15.3 Å². The highest BCUT2D eigenvalue weighted by atomic mass is 16.5. The molecule has 0 bridgehead atoms. The number of ether oxygens (including phenoxy) is 2. The lowest BCUT2D eigenvalue weighted by Crippen LogP contribution is -2.26. The SMILES string of the molecule is C=CC1(OC#N)C=CC(OC#N)=CC1. The molecule has 0 heterocycles. The Balaban J connectivity index is 2.76. The molecule has 0 saturated heterocycles. The summed E-state index contributed by atoms with van der Waals surface area (Å²) in [6, 6.07) is 0. The Morgan fingerprint density at radius 2 is 2.29 bits per heavy atom. The summed E-state index contributed by atoms with van der Waals surface area (Å²) in [5.41, 5.74) is -0.795. The number of nitrogens with zero attached hydrogens (tertiary/aromatic N) is 2. The number of hydrogen-bond acceptors (Lipinski definition) is 4. The van der Waals surface area contributed by atoms with Crippen LogP contribution >= 0.6 is 0 Å². The van der Waals surface area contributed by atoms with E-state index in [1.807, 2.05) is 0 Å². The quantitative estimate of drug-likeness (QED) is 0.500. The Hall–Kier alpha value is -2.20. The standard InChI is InChI=1S/C10H8N2O2/c1-2-10(14-8-12)5-3-9(4-6-10)13-7-11/h2-5H,1,6H2. The van der Waals surface area contributed by atoms with Gasteiger partial charge in [-0.05, 0) is 24.3 Å². The first-order valence-corrected chi connectivity index (χ1v) is 3.92. The molecule has 0 radical (unpaired) electrons. The van der Waals surface area contributed by atoms with Crippen LogP contribution in [0.15, 0.2) is 36.6 Å². The average molecular weight is 188 g/mol. The predicted molar refractivity (Wildman–Crippen MR) is 48.2 cm³/mol. The van der Waals surface area contributed by atoms with Crippen LogP contribution in [0, 0.1) is 23.0 Å². The van der Waals surface area contributed by atoms with Crippen molar-refractivity contribution in [3.05, 3.63) is 36.6 Å². The van der Waals surface area contributed by atoms with Crippen LogP contribution in [0.5, 0.6) is 0 Å². The van der Waals surface area contributed by atoms with Gasteiger partial charge in [0, 0.05) is 6.42 Å². The normalized spacial score (nSPS) is 24.0. The molecule has 0 aromatic carbocycles. The van der Waals surface area contributed by atoms with Crippen molar-refractivity contribution in [2.24, 2.45) is 0 Å². The molecule has 0 saturated carbocycles. The molecule has 14 heavy (non-hydrogen) atoms. The molecular weight excluding hydrogens is 180 g/mol. The van der Waals surface area contributed by atoms with Gasteiger partial charge in [0.05, 0.1) is 0 Å². The number of allylic oxidation sites excluding steroid dienone is 1. The molecule has 4 heteroatoms. The van der Waals surface area contributed by atoms with E-state index < -0.39 is 5.60 Å². The second kappa shape index (κ2) is 4.15. The molecular formula is C10H8N2O2. The summed E-state index contributed by atoms with van der Waals surface area (Å²) in [5, 5.41) is 16.7. The van der Waals surface area contributed by atoms with E-state index in [1.165, 1.54) is 6.08 Å². The first-order valence-electron chi connectivity index (χ1n) is 3.92. The largest absolute Gasteiger partial charge is 0.412 e. The second-order valence-corrected chi connectivity index (χ2v) is 2.69. The highest BCUT2D eigenvalue weighted by Crippen LogP contribution is 2.26. The minimum Gasteiger partial charge on any atom is -0.412 e. The van der Waals surface area contributed by atoms with Crippen molar-refractivity contribution < 1.29 is 9.47 Å². The molecule has 70 valence electrons. The zero-order valence-corrected chi connectivity index (χ0v) is 7.43. The molecule has 1 rings (SSSR count). The molecule has 0 fully saturated rings. The van der Waals surface area contributed by atoms with Gasteiger partial charge in [-0.2, -0.15) is 5.26 Å². The van der Waals surface area contributed by atoms with Crippen LogP contribution in [-0.2, 0) is 9.47 Å². The van der Waals surface area contributed by atoms with Crippen LogP contribution in [0.25, 0.3) is 0 Å². The highest BCUT2D eigenvalue weighted by Gasteiger charge is 2.27. The Morgan fingerprint density at radius 3 is 2.71 bits per heavy atom. The van der Waals surface area contributed by atoms with Crippen molar-refractivity contribution in [3.63, 3.8) is 0 Å². The number of hydrogen-bond donors (Lipinski definition) is 0. The molecule has 0 spiro atoms. The average Bonchev–Trinajstić information content (AvgIpc) is 2.22. The van der Waals surface area contributed by atoms with Gasteiger partial charge < -0.3 is 9.47 Å². The Labute approximate surface area is 82.0 Å². The monoisotopic (exact) mass is 188 g/mol. The van der Waals surface area contributed by atoms with E-state index in [9.17, 15) is 0 Å². The molecule has 1 unspecified atom stereocenters. The first kappa shape index (κ1) is 9.88. The van der Waals surface area contributed by atoms with Crippen LogP contribution < -0.4 is 0 Å². The van der Waals surface area contributed by atoms with E-state index in [0.717, 1.165) is 0 Å². The van der Waals surface area contributed by atoms with Gasteiger partial charge in [0.1, 0.15) is 5.76 Å². The van der Waals surface area contributed by atoms with Gasteiger partial charge in [-0.3, -0.25) is 0 Å². The lowest BCUT2D eigenvalue weighted by Gasteiger charge is -2.24. The summed E-state index contributed by atoms with van der Waals surface area (Å²) in [5.74, 6) is 0.450. The zero-order chi connectivity index (χ0) is 10.4. The smallest absolute Gasteiger partial charge is 0.292 e. The molecule has 0 aromatic rings. The van der Waals surface area contributed by atoms with Gasteiger partial charge >= 0.3 is 0 Å². The minimum atomic E-state index is -0.795. The van der Waals surface area contributed by atoms with Crippen molar-refractivity contribution in [2.45, 2.75) is 12.0 Å². The van der Waals surface area contributed by atoms with Crippen molar-refractivity contribution in [1.82, 2.24) is 0 Å². The summed E-state index contributed by atoms with van der Waals surface area (Å²) in [4.78, 5) is 0. The lowest BCUT2D eigenvalue weighted by atomic mass is 9.95. The fraction of sp³-hybridized carbons (Fsp3) is 0.200. The first-order chi connectivity index (χ1) is 6.76. The third-order valence-electron chi connectivity index (χ3n) is 1.90. The van der Waals surface area contributed by atoms with E-state index >= 15 is 0 Å². The van der Waals surface area contributed by atoms with Gasteiger partial charge in [-0.25, -0.2) is 0 Å². The van der Waals surface area contributed by atoms with E-state index in [-0.39, 0.29) is 0 Å². The summed E-state index contributed by atoms with van der Waals surface area (Å²) < 4.78 is 9.47. The Kier molecular flexibility index (Phi) is 2.93. The molecule has 1 aliphatic rings. The molecule has 4 nitrogen and oxygen atoms in total. The van der Waals surface area contributed by atoms with Gasteiger partial charge in [0.25, 0.3) is 12.5 Å². The van der Waals surface area contributed by atoms with E-state index in [2.05, 4.69) is 11.3 Å². The van der Waals surface area contributed by atoms with Crippen molar-refractivity contribution in [3.8, 4) is 12.5 Å². The van der Waals surface area contributed by atoms with Gasteiger partial charge in [0.2, 0.25) is 0 Å². The lowest BCUT2D eigenvalue weighted by molar-refractivity contribution is 0.130. The third kappa shape index (κ3) is 1.94. The molecule has 1 aliphatic carbocycles. The maximum Gasteiger partial charge on any atom is 0.292 e. The van der Waals surface area contributed by atoms with Crippen LogP contribution in [0.2, 0.25) is 0 Å². The van der Waals surface area contributed by atoms with Crippen molar-refractivity contribution in [1.29, 1.82) is 10.5 Å². The van der Waals surface area contributed by atoms with Gasteiger partial charge in [0.15, 0.2) is 5.60 Å². The fourth-order valence-electron chi connectivity index (χ4n) is 1.10. The maximum absolute atomic E-state index is 8.43. The Morgan fingerprint density at radius 1 is 1.50 bits per heavy atom.